The molecule has 0 saturated carbocycles. The van der Waals surface area contributed by atoms with Gasteiger partial charge in [-0.3, -0.25) is 4.99 Å². The van der Waals surface area contributed by atoms with Crippen molar-refractivity contribution in [2.45, 2.75) is 53.1 Å². The van der Waals surface area contributed by atoms with E-state index >= 15 is 0 Å². The van der Waals surface area contributed by atoms with Crippen molar-refractivity contribution in [2.75, 3.05) is 26.0 Å². The van der Waals surface area contributed by atoms with E-state index in [2.05, 4.69) is 48.3 Å². The van der Waals surface area contributed by atoms with E-state index in [9.17, 15) is 0 Å². The molecule has 5 nitrogen and oxygen atoms in total. The fourth-order valence-electron chi connectivity index (χ4n) is 2.14. The first-order valence-corrected chi connectivity index (χ1v) is 8.32. The molecule has 0 bridgehead atoms. The summed E-state index contributed by atoms with van der Waals surface area (Å²) in [6.45, 7) is 9.68. The van der Waals surface area contributed by atoms with Crippen molar-refractivity contribution < 1.29 is 0 Å². The van der Waals surface area contributed by atoms with E-state index < -0.39 is 0 Å². The Labute approximate surface area is 141 Å². The molecule has 23 heavy (non-hydrogen) atoms. The summed E-state index contributed by atoms with van der Waals surface area (Å²) in [5, 5.41) is 6.79. The fourth-order valence-corrected chi connectivity index (χ4v) is 2.14. The van der Waals surface area contributed by atoms with Gasteiger partial charge in [0, 0.05) is 27.2 Å². The minimum Gasteiger partial charge on any atom is -0.363 e. The molecule has 1 rings (SSSR count). The van der Waals surface area contributed by atoms with Crippen LogP contribution in [0.4, 0.5) is 5.82 Å². The van der Waals surface area contributed by atoms with Crippen molar-refractivity contribution in [1.29, 1.82) is 0 Å². The highest BCUT2D eigenvalue weighted by molar-refractivity contribution is 5.79. The third-order valence-corrected chi connectivity index (χ3v) is 3.62. The van der Waals surface area contributed by atoms with Crippen LogP contribution in [0.15, 0.2) is 23.2 Å². The van der Waals surface area contributed by atoms with Crippen molar-refractivity contribution >= 4 is 11.8 Å². The maximum Gasteiger partial charge on any atom is 0.191 e. The van der Waals surface area contributed by atoms with Gasteiger partial charge in [-0.05, 0) is 37.3 Å². The minimum absolute atomic E-state index is 0.365. The van der Waals surface area contributed by atoms with Crippen LogP contribution >= 0.6 is 0 Å². The molecular weight excluding hydrogens is 286 g/mol. The predicted molar refractivity (Wildman–Crippen MR) is 100 cm³/mol. The summed E-state index contributed by atoms with van der Waals surface area (Å²) in [6, 6.07) is 6.45. The molecule has 1 unspecified atom stereocenters. The van der Waals surface area contributed by atoms with Crippen LogP contribution in [-0.4, -0.2) is 38.1 Å². The molecule has 0 aliphatic heterocycles. The zero-order valence-corrected chi connectivity index (χ0v) is 15.8. The van der Waals surface area contributed by atoms with Gasteiger partial charge >= 0.3 is 0 Å². The maximum atomic E-state index is 4.61. The summed E-state index contributed by atoms with van der Waals surface area (Å²) in [5.41, 5.74) is 1.37. The highest BCUT2D eigenvalue weighted by atomic mass is 15.2. The Kier molecular flexibility index (Phi) is 7.33. The molecule has 130 valence electrons. The second-order valence-corrected chi connectivity index (χ2v) is 7.45. The van der Waals surface area contributed by atoms with Crippen LogP contribution in [0.2, 0.25) is 0 Å². The first kappa shape index (κ1) is 19.3. The van der Waals surface area contributed by atoms with Gasteiger partial charge in [0.15, 0.2) is 5.96 Å². The molecule has 0 saturated heterocycles. The third kappa shape index (κ3) is 7.86. The summed E-state index contributed by atoms with van der Waals surface area (Å²) in [5.74, 6) is 1.79. The Morgan fingerprint density at radius 2 is 2.00 bits per heavy atom. The second kappa shape index (κ2) is 8.75. The summed E-state index contributed by atoms with van der Waals surface area (Å²) in [4.78, 5) is 10.9. The molecule has 1 heterocycles. The Morgan fingerprint density at radius 3 is 2.57 bits per heavy atom. The van der Waals surface area contributed by atoms with Crippen molar-refractivity contribution in [3.63, 3.8) is 0 Å². The molecule has 5 heteroatoms. The molecule has 0 aliphatic carbocycles. The van der Waals surface area contributed by atoms with Crippen LogP contribution in [0.25, 0.3) is 0 Å². The number of guanidine groups is 1. The average molecular weight is 319 g/mol. The maximum absolute atomic E-state index is 4.61. The van der Waals surface area contributed by atoms with Gasteiger partial charge < -0.3 is 15.5 Å². The first-order valence-electron chi connectivity index (χ1n) is 8.32. The lowest BCUT2D eigenvalue weighted by Gasteiger charge is -2.23. The molecule has 0 fully saturated rings. The minimum atomic E-state index is 0.365. The van der Waals surface area contributed by atoms with Gasteiger partial charge in [0.05, 0.1) is 12.2 Å². The Balaban J connectivity index is 2.49. The molecule has 0 amide bonds. The van der Waals surface area contributed by atoms with E-state index in [1.165, 1.54) is 6.42 Å². The van der Waals surface area contributed by atoms with Crippen LogP contribution < -0.4 is 15.5 Å². The standard InChI is InChI=1S/C18H33N5/c1-14(11-12-18(2,3)4)21-17(19-5)20-13-15-9-8-10-16(22-15)23(6)7/h8-10,14H,11-13H2,1-7H3,(H2,19,20,21). The number of nitrogens with one attached hydrogen (secondary N) is 2. The molecule has 0 aromatic carbocycles. The van der Waals surface area contributed by atoms with E-state index in [0.29, 0.717) is 18.0 Å². The lowest BCUT2D eigenvalue weighted by molar-refractivity contribution is 0.346. The van der Waals surface area contributed by atoms with Crippen LogP contribution in [0.3, 0.4) is 0 Å². The summed E-state index contributed by atoms with van der Waals surface area (Å²) in [7, 11) is 5.79. The van der Waals surface area contributed by atoms with Gasteiger partial charge in [0.1, 0.15) is 5.82 Å². The van der Waals surface area contributed by atoms with E-state index in [1.807, 2.05) is 37.2 Å². The monoisotopic (exact) mass is 319 g/mol. The summed E-state index contributed by atoms with van der Waals surface area (Å²) < 4.78 is 0. The largest absolute Gasteiger partial charge is 0.363 e. The van der Waals surface area contributed by atoms with Gasteiger partial charge in [0.2, 0.25) is 0 Å². The van der Waals surface area contributed by atoms with Crippen molar-refractivity contribution in [3.05, 3.63) is 23.9 Å². The van der Waals surface area contributed by atoms with E-state index in [-0.39, 0.29) is 0 Å². The Bertz CT molecular complexity index is 502. The topological polar surface area (TPSA) is 52.6 Å². The molecule has 1 aromatic heterocycles. The van der Waals surface area contributed by atoms with Crippen LogP contribution in [0.1, 0.15) is 46.2 Å². The SMILES string of the molecule is CN=C(NCc1cccc(N(C)C)n1)NC(C)CCC(C)(C)C. The van der Waals surface area contributed by atoms with Crippen molar-refractivity contribution in [3.8, 4) is 0 Å². The number of hydrogen-bond acceptors (Lipinski definition) is 3. The Hall–Kier alpha value is -1.78. The van der Waals surface area contributed by atoms with Crippen molar-refractivity contribution in [2.24, 2.45) is 10.4 Å². The average Bonchev–Trinajstić information content (AvgIpc) is 2.49. The molecule has 1 aromatic rings. The number of rotatable bonds is 6. The normalized spacial score (nSPS) is 13.6. The van der Waals surface area contributed by atoms with E-state index in [0.717, 1.165) is 23.9 Å². The predicted octanol–water partition coefficient (Wildman–Crippen LogP) is 3.03. The van der Waals surface area contributed by atoms with Gasteiger partial charge in [-0.15, -0.1) is 0 Å². The number of aromatic nitrogens is 1. The van der Waals surface area contributed by atoms with Crippen LogP contribution in [0.5, 0.6) is 0 Å². The van der Waals surface area contributed by atoms with E-state index in [4.69, 9.17) is 0 Å². The fraction of sp³-hybridized carbons (Fsp3) is 0.667. The highest BCUT2D eigenvalue weighted by Crippen LogP contribution is 2.21. The summed E-state index contributed by atoms with van der Waals surface area (Å²) >= 11 is 0. The Morgan fingerprint density at radius 1 is 1.30 bits per heavy atom. The molecule has 0 radical (unpaired) electrons. The molecular formula is C18H33N5. The summed E-state index contributed by atoms with van der Waals surface area (Å²) in [6.07, 6.45) is 2.31. The van der Waals surface area contributed by atoms with Gasteiger partial charge in [-0.25, -0.2) is 4.98 Å². The van der Waals surface area contributed by atoms with Gasteiger partial charge in [-0.1, -0.05) is 26.8 Å². The first-order chi connectivity index (χ1) is 10.7. The number of hydrogen-bond donors (Lipinski definition) is 2. The lowest BCUT2D eigenvalue weighted by atomic mass is 9.89. The third-order valence-electron chi connectivity index (χ3n) is 3.62. The highest BCUT2D eigenvalue weighted by Gasteiger charge is 2.13. The van der Waals surface area contributed by atoms with E-state index in [1.54, 1.807) is 7.05 Å². The number of aliphatic imine (C=N–C) groups is 1. The lowest BCUT2D eigenvalue weighted by Crippen LogP contribution is -2.42. The van der Waals surface area contributed by atoms with Crippen molar-refractivity contribution in [1.82, 2.24) is 15.6 Å². The number of nitrogens with zero attached hydrogens (tertiary/aromatic N) is 3. The second-order valence-electron chi connectivity index (χ2n) is 7.45. The number of anilines is 1. The van der Waals surface area contributed by atoms with Gasteiger partial charge in [-0.2, -0.15) is 0 Å². The van der Waals surface area contributed by atoms with Crippen LogP contribution in [-0.2, 0) is 6.54 Å². The zero-order chi connectivity index (χ0) is 17.5. The molecule has 0 spiro atoms. The molecule has 0 aliphatic rings. The van der Waals surface area contributed by atoms with Crippen LogP contribution in [0, 0.1) is 5.41 Å². The molecule has 2 N–H and O–H groups in total. The quantitative estimate of drug-likeness (QED) is 0.625. The van der Waals surface area contributed by atoms with Gasteiger partial charge in [0.25, 0.3) is 0 Å². The molecule has 1 atom stereocenters. The smallest absolute Gasteiger partial charge is 0.191 e. The zero-order valence-electron chi connectivity index (χ0n) is 15.8. The number of pyridine rings is 1.